The van der Waals surface area contributed by atoms with E-state index in [9.17, 15) is 4.79 Å². The summed E-state index contributed by atoms with van der Waals surface area (Å²) in [6.45, 7) is 6.17. The highest BCUT2D eigenvalue weighted by Gasteiger charge is 2.42. The lowest BCUT2D eigenvalue weighted by Crippen LogP contribution is -2.39. The predicted molar refractivity (Wildman–Crippen MR) is 66.9 cm³/mol. The zero-order valence-electron chi connectivity index (χ0n) is 11.0. The van der Waals surface area contributed by atoms with E-state index in [4.69, 9.17) is 4.74 Å². The van der Waals surface area contributed by atoms with Gasteiger partial charge in [0.25, 0.3) is 0 Å². The molecular weight excluding hydrogens is 230 g/mol. The molecule has 1 aromatic rings. The van der Waals surface area contributed by atoms with Crippen molar-refractivity contribution in [2.45, 2.75) is 51.8 Å². The number of hydrogen-bond acceptors (Lipinski definition) is 4. The molecule has 1 amide bonds. The van der Waals surface area contributed by atoms with Crippen molar-refractivity contribution in [2.24, 2.45) is 0 Å². The van der Waals surface area contributed by atoms with Gasteiger partial charge in [0.1, 0.15) is 5.69 Å². The molecule has 1 unspecified atom stereocenters. The van der Waals surface area contributed by atoms with Gasteiger partial charge in [0.05, 0.1) is 12.2 Å². The Kier molecular flexibility index (Phi) is 3.79. The van der Waals surface area contributed by atoms with Crippen molar-refractivity contribution in [3.63, 3.8) is 0 Å². The van der Waals surface area contributed by atoms with Crippen LogP contribution in [0.3, 0.4) is 0 Å². The molecule has 5 nitrogen and oxygen atoms in total. The highest BCUT2D eigenvalue weighted by molar-refractivity contribution is 5.71. The molecule has 3 atom stereocenters. The summed E-state index contributed by atoms with van der Waals surface area (Å²) in [5, 5.41) is 0. The molecule has 0 spiro atoms. The standard InChI is InChI=1S/C13H19N3O2/c1-4-5-9(2)16-10(3)12(18-13(16)17)11-8-14-6-7-15-11/h6-10,12H,4-5H2,1-3H3/t9?,10-,12+/m0/s1. The lowest BCUT2D eigenvalue weighted by molar-refractivity contribution is 0.126. The number of cyclic esters (lactones) is 1. The van der Waals surface area contributed by atoms with Crippen LogP contribution in [0, 0.1) is 0 Å². The molecule has 1 aliphatic rings. The highest BCUT2D eigenvalue weighted by Crippen LogP contribution is 2.33. The van der Waals surface area contributed by atoms with E-state index >= 15 is 0 Å². The summed E-state index contributed by atoms with van der Waals surface area (Å²) in [4.78, 5) is 22.0. The molecule has 1 fully saturated rings. The molecule has 1 saturated heterocycles. The summed E-state index contributed by atoms with van der Waals surface area (Å²) in [6, 6.07) is 0.190. The first-order valence-corrected chi connectivity index (χ1v) is 6.40. The number of aromatic nitrogens is 2. The van der Waals surface area contributed by atoms with Crippen LogP contribution >= 0.6 is 0 Å². The molecule has 0 aliphatic carbocycles. The van der Waals surface area contributed by atoms with Gasteiger partial charge in [0.15, 0.2) is 6.10 Å². The maximum Gasteiger partial charge on any atom is 0.411 e. The summed E-state index contributed by atoms with van der Waals surface area (Å²) < 4.78 is 5.42. The van der Waals surface area contributed by atoms with Crippen molar-refractivity contribution in [2.75, 3.05) is 0 Å². The van der Waals surface area contributed by atoms with Gasteiger partial charge in [-0.1, -0.05) is 13.3 Å². The molecule has 18 heavy (non-hydrogen) atoms. The van der Waals surface area contributed by atoms with Gasteiger partial charge < -0.3 is 4.74 Å². The Morgan fingerprint density at radius 3 is 2.89 bits per heavy atom. The molecule has 98 valence electrons. The van der Waals surface area contributed by atoms with Gasteiger partial charge in [-0.2, -0.15) is 0 Å². The Labute approximate surface area is 107 Å². The number of nitrogens with zero attached hydrogens (tertiary/aromatic N) is 3. The quantitative estimate of drug-likeness (QED) is 0.822. The van der Waals surface area contributed by atoms with E-state index in [2.05, 4.69) is 23.8 Å². The largest absolute Gasteiger partial charge is 0.437 e. The van der Waals surface area contributed by atoms with Crippen LogP contribution in [0.1, 0.15) is 45.4 Å². The lowest BCUT2D eigenvalue weighted by atomic mass is 10.1. The van der Waals surface area contributed by atoms with Crippen molar-refractivity contribution in [3.05, 3.63) is 24.3 Å². The summed E-state index contributed by atoms with van der Waals surface area (Å²) in [5.74, 6) is 0. The third-order valence-electron chi connectivity index (χ3n) is 3.37. The smallest absolute Gasteiger partial charge is 0.411 e. The van der Waals surface area contributed by atoms with Crippen LogP contribution in [0.2, 0.25) is 0 Å². The number of rotatable bonds is 4. The third kappa shape index (κ3) is 2.30. The molecule has 2 rings (SSSR count). The monoisotopic (exact) mass is 249 g/mol. The summed E-state index contributed by atoms with van der Waals surface area (Å²) in [7, 11) is 0. The average Bonchev–Trinajstić information content (AvgIpc) is 2.66. The molecule has 0 aromatic carbocycles. The SMILES string of the molecule is CCCC(C)N1C(=O)O[C@@H](c2cnccn2)[C@@H]1C. The molecule has 0 saturated carbocycles. The van der Waals surface area contributed by atoms with E-state index in [1.807, 2.05) is 11.8 Å². The topological polar surface area (TPSA) is 55.3 Å². The van der Waals surface area contributed by atoms with E-state index < -0.39 is 0 Å². The Bertz CT molecular complexity index is 410. The molecule has 5 heteroatoms. The Morgan fingerprint density at radius 1 is 1.50 bits per heavy atom. The molecule has 1 aliphatic heterocycles. The van der Waals surface area contributed by atoms with Gasteiger partial charge >= 0.3 is 6.09 Å². The number of carbonyl (C=O) groups is 1. The fraction of sp³-hybridized carbons (Fsp3) is 0.615. The van der Waals surface area contributed by atoms with Crippen molar-refractivity contribution in [1.82, 2.24) is 14.9 Å². The van der Waals surface area contributed by atoms with Gasteiger partial charge in [0.2, 0.25) is 0 Å². The van der Waals surface area contributed by atoms with Crippen LogP contribution in [-0.4, -0.2) is 33.0 Å². The van der Waals surface area contributed by atoms with Crippen LogP contribution in [0.4, 0.5) is 4.79 Å². The van der Waals surface area contributed by atoms with E-state index in [0.717, 1.165) is 12.8 Å². The third-order valence-corrected chi connectivity index (χ3v) is 3.37. The van der Waals surface area contributed by atoms with Crippen LogP contribution in [0.25, 0.3) is 0 Å². The first-order chi connectivity index (χ1) is 8.65. The van der Waals surface area contributed by atoms with Crippen LogP contribution < -0.4 is 0 Å². The predicted octanol–water partition coefficient (Wildman–Crippen LogP) is 2.55. The number of hydrogen-bond donors (Lipinski definition) is 0. The number of amides is 1. The zero-order valence-corrected chi connectivity index (χ0v) is 11.0. The Hall–Kier alpha value is -1.65. The van der Waals surface area contributed by atoms with Gasteiger partial charge in [-0.25, -0.2) is 4.79 Å². The van der Waals surface area contributed by atoms with E-state index in [0.29, 0.717) is 5.69 Å². The van der Waals surface area contributed by atoms with E-state index in [1.165, 1.54) is 0 Å². The Morgan fingerprint density at radius 2 is 2.28 bits per heavy atom. The minimum Gasteiger partial charge on any atom is -0.437 e. The molecular formula is C13H19N3O2. The minimum atomic E-state index is -0.314. The first kappa shape index (κ1) is 12.8. The second kappa shape index (κ2) is 5.33. The molecule has 2 heterocycles. The van der Waals surface area contributed by atoms with Crippen LogP contribution in [0.5, 0.6) is 0 Å². The molecule has 0 radical (unpaired) electrons. The van der Waals surface area contributed by atoms with Gasteiger partial charge in [-0.15, -0.1) is 0 Å². The summed E-state index contributed by atoms with van der Waals surface area (Å²) in [5.41, 5.74) is 0.713. The zero-order chi connectivity index (χ0) is 13.1. The van der Waals surface area contributed by atoms with Crippen molar-refractivity contribution in [3.8, 4) is 0 Å². The average molecular weight is 249 g/mol. The maximum absolute atomic E-state index is 11.9. The highest BCUT2D eigenvalue weighted by atomic mass is 16.6. The van der Waals surface area contributed by atoms with Crippen molar-refractivity contribution < 1.29 is 9.53 Å². The molecule has 0 bridgehead atoms. The van der Waals surface area contributed by atoms with Gasteiger partial charge in [-0.3, -0.25) is 14.9 Å². The molecule has 0 N–H and O–H groups in total. The number of ether oxygens (including phenoxy) is 1. The normalized spacial score (nSPS) is 25.1. The van der Waals surface area contributed by atoms with Crippen molar-refractivity contribution in [1.29, 1.82) is 0 Å². The summed E-state index contributed by atoms with van der Waals surface area (Å²) in [6.07, 6.45) is 6.35. The van der Waals surface area contributed by atoms with E-state index in [-0.39, 0.29) is 24.3 Å². The van der Waals surface area contributed by atoms with Crippen molar-refractivity contribution >= 4 is 6.09 Å². The second-order valence-corrected chi connectivity index (χ2v) is 4.72. The minimum absolute atomic E-state index is 0.00394. The van der Waals surface area contributed by atoms with E-state index in [1.54, 1.807) is 18.6 Å². The number of carbonyl (C=O) groups excluding carboxylic acids is 1. The second-order valence-electron chi connectivity index (χ2n) is 4.72. The molecule has 1 aromatic heterocycles. The van der Waals surface area contributed by atoms with Gasteiger partial charge in [-0.05, 0) is 20.3 Å². The Balaban J connectivity index is 2.16. The maximum atomic E-state index is 11.9. The fourth-order valence-electron chi connectivity index (χ4n) is 2.48. The van der Waals surface area contributed by atoms with Gasteiger partial charge in [0, 0.05) is 18.4 Å². The lowest BCUT2D eigenvalue weighted by Gasteiger charge is -2.26. The first-order valence-electron chi connectivity index (χ1n) is 6.40. The van der Waals surface area contributed by atoms with Crippen LogP contribution in [0.15, 0.2) is 18.6 Å². The summed E-state index contributed by atoms with van der Waals surface area (Å²) >= 11 is 0. The fourth-order valence-corrected chi connectivity index (χ4v) is 2.48. The van der Waals surface area contributed by atoms with Crippen LogP contribution in [-0.2, 0) is 4.74 Å².